The van der Waals surface area contributed by atoms with Gasteiger partial charge in [-0.2, -0.15) is 5.21 Å². The number of tetrazole rings is 1. The largest absolute Gasteiger partial charge is 0.385 e. The molecule has 0 atom stereocenters. The molecule has 2 aromatic rings. The van der Waals surface area contributed by atoms with Gasteiger partial charge in [0, 0.05) is 17.8 Å². The quantitative estimate of drug-likeness (QED) is 0.319. The first-order valence-electron chi connectivity index (χ1n) is 11.3. The molecule has 156 valence electrons. The molecule has 5 heteroatoms. The minimum atomic E-state index is 0.637. The molecule has 0 spiro atoms. The summed E-state index contributed by atoms with van der Waals surface area (Å²) in [6.45, 7) is 5.69. The zero-order valence-electron chi connectivity index (χ0n) is 17.9. The highest BCUT2D eigenvalue weighted by atomic mass is 15.5. The highest BCUT2D eigenvalue weighted by molar-refractivity contribution is 5.58. The summed E-state index contributed by atoms with van der Waals surface area (Å²) in [6.07, 6.45) is 16.7. The second kappa shape index (κ2) is 14.1. The Balaban J connectivity index is 1.37. The van der Waals surface area contributed by atoms with Crippen molar-refractivity contribution >= 4 is 5.69 Å². The summed E-state index contributed by atoms with van der Waals surface area (Å²) in [6, 6.07) is 8.21. The first-order chi connectivity index (χ1) is 13.8. The van der Waals surface area contributed by atoms with E-state index in [1.807, 2.05) is 12.1 Å². The Bertz CT molecular complexity index is 592. The number of anilines is 1. The Hall–Kier alpha value is -1.91. The summed E-state index contributed by atoms with van der Waals surface area (Å²) in [5.41, 5.74) is 2.13. The molecule has 0 amide bonds. The fourth-order valence-corrected chi connectivity index (χ4v) is 3.52. The van der Waals surface area contributed by atoms with E-state index in [1.165, 1.54) is 77.0 Å². The van der Waals surface area contributed by atoms with Crippen LogP contribution in [0.2, 0.25) is 0 Å². The molecule has 28 heavy (non-hydrogen) atoms. The van der Waals surface area contributed by atoms with E-state index < -0.39 is 0 Å². The molecular formula is C23H39N5. The van der Waals surface area contributed by atoms with Crippen molar-refractivity contribution in [1.82, 2.24) is 20.6 Å². The van der Waals surface area contributed by atoms with Gasteiger partial charge in [0.25, 0.3) is 0 Å². The van der Waals surface area contributed by atoms with Gasteiger partial charge in [-0.15, -0.1) is 10.2 Å². The Morgan fingerprint density at radius 3 is 1.89 bits per heavy atom. The maximum Gasteiger partial charge on any atom is 0.204 e. The average molecular weight is 386 g/mol. The molecule has 1 heterocycles. The number of nitrogens with one attached hydrogen (secondary N) is 2. The summed E-state index contributed by atoms with van der Waals surface area (Å²) in [5.74, 6) is 1.51. The maximum atomic E-state index is 3.99. The van der Waals surface area contributed by atoms with Crippen LogP contribution in [0.25, 0.3) is 11.4 Å². The van der Waals surface area contributed by atoms with Crippen LogP contribution >= 0.6 is 0 Å². The molecule has 0 saturated carbocycles. The van der Waals surface area contributed by atoms with Crippen LogP contribution in [-0.4, -0.2) is 27.2 Å². The Morgan fingerprint density at radius 1 is 0.786 bits per heavy atom. The molecule has 0 aliphatic heterocycles. The standard InChI is InChI=1S/C23H39N5/c1-20(2)14-12-10-8-6-4-3-5-7-9-11-13-19-24-22-17-15-21(16-18-22)23-25-27-28-26-23/h15-18,20,24H,3-14,19H2,1-2H3,(H,25,26,27,28). The van der Waals surface area contributed by atoms with E-state index in [0.717, 1.165) is 23.7 Å². The third kappa shape index (κ3) is 9.86. The smallest absolute Gasteiger partial charge is 0.204 e. The number of H-pyrrole nitrogens is 1. The monoisotopic (exact) mass is 385 g/mol. The highest BCUT2D eigenvalue weighted by Crippen LogP contribution is 2.17. The molecule has 0 unspecified atom stereocenters. The minimum Gasteiger partial charge on any atom is -0.385 e. The van der Waals surface area contributed by atoms with Gasteiger partial charge in [0.1, 0.15) is 0 Å². The molecule has 0 aliphatic rings. The molecule has 0 bridgehead atoms. The summed E-state index contributed by atoms with van der Waals surface area (Å²) in [7, 11) is 0. The number of rotatable bonds is 16. The third-order valence-corrected chi connectivity index (χ3v) is 5.28. The normalized spacial score (nSPS) is 11.2. The predicted molar refractivity (Wildman–Crippen MR) is 118 cm³/mol. The van der Waals surface area contributed by atoms with Crippen molar-refractivity contribution < 1.29 is 0 Å². The van der Waals surface area contributed by atoms with Crippen LogP contribution in [0.5, 0.6) is 0 Å². The van der Waals surface area contributed by atoms with Gasteiger partial charge in [0.05, 0.1) is 0 Å². The molecule has 0 radical (unpaired) electrons. The van der Waals surface area contributed by atoms with Crippen LogP contribution in [0.15, 0.2) is 24.3 Å². The van der Waals surface area contributed by atoms with Crippen LogP contribution in [0.3, 0.4) is 0 Å². The van der Waals surface area contributed by atoms with Gasteiger partial charge < -0.3 is 5.32 Å². The highest BCUT2D eigenvalue weighted by Gasteiger charge is 2.02. The lowest BCUT2D eigenvalue weighted by Crippen LogP contribution is -2.01. The zero-order valence-corrected chi connectivity index (χ0v) is 17.9. The summed E-state index contributed by atoms with van der Waals surface area (Å²) >= 11 is 0. The lowest BCUT2D eigenvalue weighted by Gasteiger charge is -2.07. The predicted octanol–water partition coefficient (Wildman–Crippen LogP) is 6.62. The molecule has 2 rings (SSSR count). The lowest BCUT2D eigenvalue weighted by atomic mass is 10.0. The van der Waals surface area contributed by atoms with E-state index in [2.05, 4.69) is 51.9 Å². The van der Waals surface area contributed by atoms with Gasteiger partial charge in [-0.3, -0.25) is 0 Å². The van der Waals surface area contributed by atoms with Crippen LogP contribution in [0.4, 0.5) is 5.69 Å². The number of aromatic nitrogens is 4. The van der Waals surface area contributed by atoms with Crippen molar-refractivity contribution in [2.45, 2.75) is 90.9 Å². The molecule has 5 nitrogen and oxygen atoms in total. The number of hydrogen-bond donors (Lipinski definition) is 2. The van der Waals surface area contributed by atoms with Crippen LogP contribution in [0, 0.1) is 5.92 Å². The minimum absolute atomic E-state index is 0.637. The fraction of sp³-hybridized carbons (Fsp3) is 0.696. The Kier molecular flexibility index (Phi) is 11.3. The SMILES string of the molecule is CC(C)CCCCCCCCCCCCCNc1ccc(-c2nn[nH]n2)cc1. The van der Waals surface area contributed by atoms with Gasteiger partial charge in [0.15, 0.2) is 0 Å². The average Bonchev–Trinajstić information content (AvgIpc) is 3.23. The molecule has 0 saturated heterocycles. The van der Waals surface area contributed by atoms with Gasteiger partial charge in [-0.25, -0.2) is 0 Å². The van der Waals surface area contributed by atoms with Gasteiger partial charge in [0.2, 0.25) is 5.82 Å². The number of nitrogens with zero attached hydrogens (tertiary/aromatic N) is 3. The Labute approximate surface area is 171 Å². The summed E-state index contributed by atoms with van der Waals surface area (Å²) in [5, 5.41) is 17.6. The number of aromatic amines is 1. The van der Waals surface area contributed by atoms with Crippen molar-refractivity contribution in [1.29, 1.82) is 0 Å². The lowest BCUT2D eigenvalue weighted by molar-refractivity contribution is 0.504. The molecule has 1 aromatic carbocycles. The summed E-state index contributed by atoms with van der Waals surface area (Å²) < 4.78 is 0. The molecule has 0 fully saturated rings. The topological polar surface area (TPSA) is 66.5 Å². The molecular weight excluding hydrogens is 346 g/mol. The molecule has 2 N–H and O–H groups in total. The second-order valence-electron chi connectivity index (χ2n) is 8.31. The van der Waals surface area contributed by atoms with E-state index in [9.17, 15) is 0 Å². The van der Waals surface area contributed by atoms with Crippen molar-refractivity contribution in [2.75, 3.05) is 11.9 Å². The van der Waals surface area contributed by atoms with Gasteiger partial charge in [-0.05, 0) is 41.8 Å². The first kappa shape index (κ1) is 22.4. The van der Waals surface area contributed by atoms with E-state index in [0.29, 0.717) is 5.82 Å². The van der Waals surface area contributed by atoms with Crippen LogP contribution in [-0.2, 0) is 0 Å². The van der Waals surface area contributed by atoms with Gasteiger partial charge >= 0.3 is 0 Å². The van der Waals surface area contributed by atoms with E-state index >= 15 is 0 Å². The van der Waals surface area contributed by atoms with E-state index in [1.54, 1.807) is 0 Å². The van der Waals surface area contributed by atoms with Crippen molar-refractivity contribution in [3.8, 4) is 11.4 Å². The Morgan fingerprint density at radius 2 is 1.36 bits per heavy atom. The number of unbranched alkanes of at least 4 members (excludes halogenated alkanes) is 10. The molecule has 0 aliphatic carbocycles. The third-order valence-electron chi connectivity index (χ3n) is 5.28. The molecule has 1 aromatic heterocycles. The van der Waals surface area contributed by atoms with Crippen LogP contribution < -0.4 is 5.32 Å². The number of hydrogen-bond acceptors (Lipinski definition) is 4. The van der Waals surface area contributed by atoms with E-state index in [-0.39, 0.29) is 0 Å². The second-order valence-corrected chi connectivity index (χ2v) is 8.31. The van der Waals surface area contributed by atoms with Gasteiger partial charge in [-0.1, -0.05) is 84.5 Å². The number of benzene rings is 1. The van der Waals surface area contributed by atoms with Crippen molar-refractivity contribution in [3.05, 3.63) is 24.3 Å². The maximum absolute atomic E-state index is 3.99. The van der Waals surface area contributed by atoms with E-state index in [4.69, 9.17) is 0 Å². The van der Waals surface area contributed by atoms with Crippen molar-refractivity contribution in [2.24, 2.45) is 5.92 Å². The zero-order chi connectivity index (χ0) is 19.9. The fourth-order valence-electron chi connectivity index (χ4n) is 3.52. The first-order valence-corrected chi connectivity index (χ1v) is 11.3. The van der Waals surface area contributed by atoms with Crippen molar-refractivity contribution in [3.63, 3.8) is 0 Å². The summed E-state index contributed by atoms with van der Waals surface area (Å²) in [4.78, 5) is 0. The van der Waals surface area contributed by atoms with Crippen LogP contribution in [0.1, 0.15) is 90.9 Å².